The van der Waals surface area contributed by atoms with Crippen LogP contribution < -0.4 is 11.1 Å². The molecule has 0 aliphatic heterocycles. The third-order valence-electron chi connectivity index (χ3n) is 3.62. The maximum atomic E-state index is 12.0. The number of amides is 1. The molecule has 0 bridgehead atoms. The van der Waals surface area contributed by atoms with E-state index in [0.29, 0.717) is 12.5 Å². The van der Waals surface area contributed by atoms with E-state index in [1.165, 1.54) is 25.0 Å². The minimum atomic E-state index is 0.175. The molecule has 0 saturated heterocycles. The maximum Gasteiger partial charge on any atom is 0.223 e. The summed E-state index contributed by atoms with van der Waals surface area (Å²) in [4.78, 5) is 12.0. The van der Waals surface area contributed by atoms with Gasteiger partial charge in [-0.3, -0.25) is 4.79 Å². The summed E-state index contributed by atoms with van der Waals surface area (Å²) in [6.07, 6.45) is 8.96. The van der Waals surface area contributed by atoms with Gasteiger partial charge in [-0.15, -0.1) is 0 Å². The lowest BCUT2D eigenvalue weighted by molar-refractivity contribution is -0.127. The first-order chi connectivity index (χ1) is 8.29. The van der Waals surface area contributed by atoms with Crippen LogP contribution in [0.3, 0.4) is 0 Å². The molecule has 0 aromatic rings. The molecular formula is C13H26N2OS. The van der Waals surface area contributed by atoms with Gasteiger partial charge in [0.25, 0.3) is 0 Å². The van der Waals surface area contributed by atoms with E-state index in [2.05, 4.69) is 11.6 Å². The second-order valence-electron chi connectivity index (χ2n) is 4.88. The lowest BCUT2D eigenvalue weighted by Gasteiger charge is -2.29. The Kier molecular flexibility index (Phi) is 7.69. The zero-order chi connectivity index (χ0) is 12.5. The van der Waals surface area contributed by atoms with Crippen molar-refractivity contribution >= 4 is 17.7 Å². The van der Waals surface area contributed by atoms with Crippen LogP contribution in [0.25, 0.3) is 0 Å². The summed E-state index contributed by atoms with van der Waals surface area (Å²) >= 11 is 1.86. The average Bonchev–Trinajstić information content (AvgIpc) is 2.38. The molecule has 0 aromatic heterocycles. The molecule has 1 rings (SSSR count). The first kappa shape index (κ1) is 14.8. The van der Waals surface area contributed by atoms with E-state index in [0.717, 1.165) is 25.8 Å². The van der Waals surface area contributed by atoms with Crippen LogP contribution >= 0.6 is 11.8 Å². The Hall–Kier alpha value is -0.220. The van der Waals surface area contributed by atoms with Gasteiger partial charge >= 0.3 is 0 Å². The number of unbranched alkanes of at least 4 members (excludes halogenated alkanes) is 1. The van der Waals surface area contributed by atoms with Gasteiger partial charge in [0.1, 0.15) is 0 Å². The molecule has 1 fully saturated rings. The number of rotatable bonds is 7. The minimum absolute atomic E-state index is 0.175. The molecule has 3 N–H and O–H groups in total. The Labute approximate surface area is 109 Å². The molecule has 0 aromatic carbocycles. The quantitative estimate of drug-likeness (QED) is 0.687. The van der Waals surface area contributed by atoms with Crippen molar-refractivity contribution in [1.29, 1.82) is 0 Å². The zero-order valence-electron chi connectivity index (χ0n) is 10.9. The number of nitrogens with one attached hydrogen (secondary N) is 1. The van der Waals surface area contributed by atoms with Crippen LogP contribution in [-0.4, -0.2) is 31.0 Å². The van der Waals surface area contributed by atoms with Crippen molar-refractivity contribution in [2.24, 2.45) is 17.6 Å². The highest BCUT2D eigenvalue weighted by Crippen LogP contribution is 2.29. The summed E-state index contributed by atoms with van der Waals surface area (Å²) in [5.41, 5.74) is 5.74. The summed E-state index contributed by atoms with van der Waals surface area (Å²) in [6.45, 7) is 1.48. The van der Waals surface area contributed by atoms with Crippen LogP contribution in [0.15, 0.2) is 0 Å². The molecular weight excluding hydrogens is 232 g/mol. The SMILES string of the molecule is CSCCCCNC(=O)C1CCCCC1CN. The summed E-state index contributed by atoms with van der Waals surface area (Å²) < 4.78 is 0. The van der Waals surface area contributed by atoms with Crippen molar-refractivity contribution < 1.29 is 4.79 Å². The lowest BCUT2D eigenvalue weighted by Crippen LogP contribution is -2.39. The average molecular weight is 258 g/mol. The van der Waals surface area contributed by atoms with E-state index in [1.54, 1.807) is 0 Å². The van der Waals surface area contributed by atoms with Crippen molar-refractivity contribution in [3.05, 3.63) is 0 Å². The molecule has 1 aliphatic rings. The Morgan fingerprint density at radius 2 is 2.12 bits per heavy atom. The van der Waals surface area contributed by atoms with Crippen LogP contribution in [0.2, 0.25) is 0 Å². The van der Waals surface area contributed by atoms with E-state index in [-0.39, 0.29) is 11.8 Å². The number of carbonyl (C=O) groups is 1. The van der Waals surface area contributed by atoms with E-state index in [9.17, 15) is 4.79 Å². The van der Waals surface area contributed by atoms with Gasteiger partial charge in [0.05, 0.1) is 0 Å². The zero-order valence-corrected chi connectivity index (χ0v) is 11.7. The van der Waals surface area contributed by atoms with E-state index in [1.807, 2.05) is 11.8 Å². The smallest absolute Gasteiger partial charge is 0.223 e. The number of carbonyl (C=O) groups excluding carboxylic acids is 1. The highest BCUT2D eigenvalue weighted by Gasteiger charge is 2.29. The fourth-order valence-electron chi connectivity index (χ4n) is 2.55. The van der Waals surface area contributed by atoms with E-state index in [4.69, 9.17) is 5.73 Å². The fourth-order valence-corrected chi connectivity index (χ4v) is 3.04. The Morgan fingerprint density at radius 3 is 2.82 bits per heavy atom. The lowest BCUT2D eigenvalue weighted by atomic mass is 9.79. The van der Waals surface area contributed by atoms with Gasteiger partial charge in [-0.05, 0) is 50.2 Å². The molecule has 100 valence electrons. The monoisotopic (exact) mass is 258 g/mol. The van der Waals surface area contributed by atoms with Gasteiger partial charge in [0.15, 0.2) is 0 Å². The summed E-state index contributed by atoms with van der Waals surface area (Å²) in [6, 6.07) is 0. The minimum Gasteiger partial charge on any atom is -0.356 e. The second kappa shape index (κ2) is 8.81. The Balaban J connectivity index is 2.20. The van der Waals surface area contributed by atoms with Crippen molar-refractivity contribution in [3.8, 4) is 0 Å². The molecule has 1 saturated carbocycles. The van der Waals surface area contributed by atoms with E-state index >= 15 is 0 Å². The molecule has 17 heavy (non-hydrogen) atoms. The van der Waals surface area contributed by atoms with Crippen LogP contribution in [-0.2, 0) is 4.79 Å². The van der Waals surface area contributed by atoms with Crippen molar-refractivity contribution in [2.75, 3.05) is 25.1 Å². The number of thioether (sulfide) groups is 1. The summed E-state index contributed by atoms with van der Waals surface area (Å²) in [7, 11) is 0. The number of hydrogen-bond donors (Lipinski definition) is 2. The molecule has 1 amide bonds. The van der Waals surface area contributed by atoms with Gasteiger partial charge in [0.2, 0.25) is 5.91 Å². The predicted octanol–water partition coefficient (Wildman–Crippen LogP) is 2.01. The first-order valence-electron chi connectivity index (χ1n) is 6.76. The second-order valence-corrected chi connectivity index (χ2v) is 5.86. The Bertz CT molecular complexity index is 223. The molecule has 2 atom stereocenters. The van der Waals surface area contributed by atoms with Crippen LogP contribution in [0.1, 0.15) is 38.5 Å². The third kappa shape index (κ3) is 5.30. The third-order valence-corrected chi connectivity index (χ3v) is 4.32. The van der Waals surface area contributed by atoms with Gasteiger partial charge in [-0.2, -0.15) is 11.8 Å². The van der Waals surface area contributed by atoms with Gasteiger partial charge in [-0.1, -0.05) is 12.8 Å². The molecule has 0 heterocycles. The van der Waals surface area contributed by atoms with Crippen LogP contribution in [0.5, 0.6) is 0 Å². The predicted molar refractivity (Wildman–Crippen MR) is 75.1 cm³/mol. The number of hydrogen-bond acceptors (Lipinski definition) is 3. The largest absolute Gasteiger partial charge is 0.356 e. The first-order valence-corrected chi connectivity index (χ1v) is 8.15. The highest BCUT2D eigenvalue weighted by atomic mass is 32.2. The number of nitrogens with two attached hydrogens (primary N) is 1. The molecule has 1 aliphatic carbocycles. The van der Waals surface area contributed by atoms with Gasteiger partial charge in [-0.25, -0.2) is 0 Å². The topological polar surface area (TPSA) is 55.1 Å². The van der Waals surface area contributed by atoms with Crippen LogP contribution in [0.4, 0.5) is 0 Å². The van der Waals surface area contributed by atoms with Crippen molar-refractivity contribution in [1.82, 2.24) is 5.32 Å². The van der Waals surface area contributed by atoms with Gasteiger partial charge in [0, 0.05) is 12.5 Å². The molecule has 3 nitrogen and oxygen atoms in total. The van der Waals surface area contributed by atoms with Crippen molar-refractivity contribution in [3.63, 3.8) is 0 Å². The van der Waals surface area contributed by atoms with Gasteiger partial charge < -0.3 is 11.1 Å². The summed E-state index contributed by atoms with van der Waals surface area (Å²) in [5, 5.41) is 3.07. The molecule has 4 heteroatoms. The van der Waals surface area contributed by atoms with Crippen LogP contribution in [0, 0.1) is 11.8 Å². The standard InChI is InChI=1S/C13H26N2OS/c1-17-9-5-4-8-15-13(16)12-7-3-2-6-11(12)10-14/h11-12H,2-10,14H2,1H3,(H,15,16). The van der Waals surface area contributed by atoms with E-state index < -0.39 is 0 Å². The maximum absolute atomic E-state index is 12.0. The summed E-state index contributed by atoms with van der Waals surface area (Å²) in [5.74, 6) is 2.01. The Morgan fingerprint density at radius 1 is 1.35 bits per heavy atom. The normalized spacial score (nSPS) is 24.6. The highest BCUT2D eigenvalue weighted by molar-refractivity contribution is 7.98. The molecule has 0 spiro atoms. The fraction of sp³-hybridized carbons (Fsp3) is 0.923. The molecule has 0 radical (unpaired) electrons. The van der Waals surface area contributed by atoms with Crippen molar-refractivity contribution in [2.45, 2.75) is 38.5 Å². The molecule has 2 unspecified atom stereocenters.